The van der Waals surface area contributed by atoms with Gasteiger partial charge in [-0.1, -0.05) is 17.7 Å². The molecule has 0 atom stereocenters. The van der Waals surface area contributed by atoms with Crippen LogP contribution >= 0.6 is 11.6 Å². The Morgan fingerprint density at radius 3 is 3.00 bits per heavy atom. The van der Waals surface area contributed by atoms with E-state index in [0.29, 0.717) is 17.3 Å². The second-order valence-corrected chi connectivity index (χ2v) is 3.21. The van der Waals surface area contributed by atoms with Crippen LogP contribution < -0.4 is 5.32 Å². The van der Waals surface area contributed by atoms with Crippen molar-refractivity contribution in [3.05, 3.63) is 41.2 Å². The first kappa shape index (κ1) is 10.7. The summed E-state index contributed by atoms with van der Waals surface area (Å²) in [5.41, 5.74) is 1.24. The summed E-state index contributed by atoms with van der Waals surface area (Å²) < 4.78 is 0. The molecule has 0 aliphatic rings. The van der Waals surface area contributed by atoms with Crippen molar-refractivity contribution in [3.8, 4) is 0 Å². The van der Waals surface area contributed by atoms with Gasteiger partial charge >= 0.3 is 0 Å². The minimum atomic E-state index is -0.169. The Labute approximate surface area is 87.8 Å². The predicted octanol–water partition coefficient (Wildman–Crippen LogP) is 1.96. The van der Waals surface area contributed by atoms with Crippen LogP contribution in [0.15, 0.2) is 24.8 Å². The van der Waals surface area contributed by atoms with Crippen LogP contribution in [0.1, 0.15) is 16.1 Å². The highest BCUT2D eigenvalue weighted by molar-refractivity contribution is 6.29. The minimum absolute atomic E-state index is 0.169. The minimum Gasteiger partial charge on any atom is -0.349 e. The molecule has 14 heavy (non-hydrogen) atoms. The van der Waals surface area contributed by atoms with Crippen LogP contribution in [0.5, 0.6) is 0 Å². The molecule has 0 aliphatic carbocycles. The highest BCUT2D eigenvalue weighted by Crippen LogP contribution is 2.09. The molecule has 0 aromatic carbocycles. The monoisotopic (exact) mass is 210 g/mol. The van der Waals surface area contributed by atoms with E-state index in [9.17, 15) is 4.79 Å². The zero-order chi connectivity index (χ0) is 10.6. The lowest BCUT2D eigenvalue weighted by Gasteiger charge is -2.03. The third kappa shape index (κ3) is 2.85. The molecule has 0 radical (unpaired) electrons. The molecule has 1 aromatic heterocycles. The zero-order valence-electron chi connectivity index (χ0n) is 7.88. The van der Waals surface area contributed by atoms with Gasteiger partial charge in [0.25, 0.3) is 5.91 Å². The van der Waals surface area contributed by atoms with Gasteiger partial charge in [0.1, 0.15) is 5.15 Å². The van der Waals surface area contributed by atoms with Gasteiger partial charge in [0.05, 0.1) is 0 Å². The molecule has 0 bridgehead atoms. The summed E-state index contributed by atoms with van der Waals surface area (Å²) in [5, 5.41) is 2.99. The van der Waals surface area contributed by atoms with Crippen molar-refractivity contribution in [2.24, 2.45) is 0 Å². The molecule has 1 N–H and O–H groups in total. The van der Waals surface area contributed by atoms with Crippen molar-refractivity contribution in [2.45, 2.75) is 6.92 Å². The fourth-order valence-electron chi connectivity index (χ4n) is 1.03. The number of amides is 1. The normalized spacial score (nSPS) is 9.57. The first-order chi connectivity index (χ1) is 6.63. The maximum Gasteiger partial charge on any atom is 0.251 e. The number of aryl methyl sites for hydroxylation is 1. The molecule has 0 saturated carbocycles. The molecule has 0 unspecified atom stereocenters. The van der Waals surface area contributed by atoms with Gasteiger partial charge in [0, 0.05) is 17.8 Å². The van der Waals surface area contributed by atoms with Gasteiger partial charge in [-0.25, -0.2) is 4.98 Å². The predicted molar refractivity (Wildman–Crippen MR) is 56.5 cm³/mol. The zero-order valence-corrected chi connectivity index (χ0v) is 8.64. The summed E-state index contributed by atoms with van der Waals surface area (Å²) in [6.45, 7) is 5.74. The van der Waals surface area contributed by atoms with Crippen molar-refractivity contribution in [2.75, 3.05) is 6.54 Å². The Morgan fingerprint density at radius 1 is 1.71 bits per heavy atom. The van der Waals surface area contributed by atoms with E-state index < -0.39 is 0 Å². The van der Waals surface area contributed by atoms with Crippen LogP contribution in [-0.2, 0) is 0 Å². The molecular weight excluding hydrogens is 200 g/mol. The molecule has 0 fully saturated rings. The molecule has 4 heteroatoms. The Morgan fingerprint density at radius 2 is 2.43 bits per heavy atom. The summed E-state index contributed by atoms with van der Waals surface area (Å²) in [6.07, 6.45) is 1.62. The van der Waals surface area contributed by atoms with Gasteiger partial charge in [0.2, 0.25) is 0 Å². The highest BCUT2D eigenvalue weighted by Gasteiger charge is 2.06. The summed E-state index contributed by atoms with van der Waals surface area (Å²) in [4.78, 5) is 15.4. The van der Waals surface area contributed by atoms with Gasteiger partial charge in [-0.2, -0.15) is 0 Å². The van der Waals surface area contributed by atoms with E-state index in [2.05, 4.69) is 16.9 Å². The molecule has 1 heterocycles. The fourth-order valence-corrected chi connectivity index (χ4v) is 1.28. The van der Waals surface area contributed by atoms with Crippen LogP contribution in [0, 0.1) is 6.92 Å². The van der Waals surface area contributed by atoms with E-state index in [4.69, 9.17) is 11.6 Å². The lowest BCUT2D eigenvalue weighted by Crippen LogP contribution is -2.23. The van der Waals surface area contributed by atoms with E-state index in [-0.39, 0.29) is 5.91 Å². The van der Waals surface area contributed by atoms with Gasteiger partial charge < -0.3 is 5.32 Å². The highest BCUT2D eigenvalue weighted by atomic mass is 35.5. The summed E-state index contributed by atoms with van der Waals surface area (Å²) in [7, 11) is 0. The molecular formula is C10H11ClN2O. The Balaban J connectivity index is 2.84. The lowest BCUT2D eigenvalue weighted by molar-refractivity contribution is 0.0958. The van der Waals surface area contributed by atoms with Crippen molar-refractivity contribution < 1.29 is 4.79 Å². The second kappa shape index (κ2) is 4.77. The number of nitrogens with zero attached hydrogens (tertiary/aromatic N) is 1. The van der Waals surface area contributed by atoms with Gasteiger partial charge in [0.15, 0.2) is 0 Å². The van der Waals surface area contributed by atoms with E-state index >= 15 is 0 Å². The average Bonchev–Trinajstić information content (AvgIpc) is 2.12. The molecule has 3 nitrogen and oxygen atoms in total. The third-order valence-corrected chi connectivity index (χ3v) is 1.78. The Bertz CT molecular complexity index is 343. The average molecular weight is 211 g/mol. The number of aromatic nitrogens is 1. The number of nitrogens with one attached hydrogen (secondary N) is 1. The lowest BCUT2D eigenvalue weighted by atomic mass is 10.2. The van der Waals surface area contributed by atoms with Crippen LogP contribution in [0.3, 0.4) is 0 Å². The van der Waals surface area contributed by atoms with E-state index in [1.807, 2.05) is 0 Å². The molecule has 1 rings (SSSR count). The van der Waals surface area contributed by atoms with Crippen LogP contribution in [-0.4, -0.2) is 17.4 Å². The number of carbonyl (C=O) groups is 1. The van der Waals surface area contributed by atoms with Crippen LogP contribution in [0.25, 0.3) is 0 Å². The van der Waals surface area contributed by atoms with E-state index in [1.165, 1.54) is 6.07 Å². The smallest absolute Gasteiger partial charge is 0.251 e. The topological polar surface area (TPSA) is 42.0 Å². The summed E-state index contributed by atoms with van der Waals surface area (Å²) in [5.74, 6) is -0.169. The number of rotatable bonds is 3. The Hall–Kier alpha value is -1.35. The van der Waals surface area contributed by atoms with Crippen molar-refractivity contribution >= 4 is 17.5 Å². The van der Waals surface area contributed by atoms with Crippen molar-refractivity contribution in [3.63, 3.8) is 0 Å². The standard InChI is InChI=1S/C10H11ClN2O/c1-3-4-12-10(14)8-5-7(2)13-9(11)6-8/h3,5-6H,1,4H2,2H3,(H,12,14). The van der Waals surface area contributed by atoms with Crippen LogP contribution in [0.4, 0.5) is 0 Å². The first-order valence-corrected chi connectivity index (χ1v) is 4.54. The van der Waals surface area contributed by atoms with Gasteiger partial charge in [-0.15, -0.1) is 6.58 Å². The maximum atomic E-state index is 11.5. The number of hydrogen-bond donors (Lipinski definition) is 1. The van der Waals surface area contributed by atoms with Crippen molar-refractivity contribution in [1.82, 2.24) is 10.3 Å². The quantitative estimate of drug-likeness (QED) is 0.612. The van der Waals surface area contributed by atoms with Crippen LogP contribution in [0.2, 0.25) is 5.15 Å². The summed E-state index contributed by atoms with van der Waals surface area (Å²) >= 11 is 5.72. The number of halogens is 1. The van der Waals surface area contributed by atoms with Gasteiger partial charge in [-0.05, 0) is 19.1 Å². The summed E-state index contributed by atoms with van der Waals surface area (Å²) in [6, 6.07) is 3.22. The fraction of sp³-hybridized carbons (Fsp3) is 0.200. The molecule has 1 amide bonds. The van der Waals surface area contributed by atoms with E-state index in [1.54, 1.807) is 19.1 Å². The number of carbonyl (C=O) groups excluding carboxylic acids is 1. The molecule has 0 aliphatic heterocycles. The Kier molecular flexibility index (Phi) is 3.65. The maximum absolute atomic E-state index is 11.5. The molecule has 74 valence electrons. The number of hydrogen-bond acceptors (Lipinski definition) is 2. The largest absolute Gasteiger partial charge is 0.349 e. The van der Waals surface area contributed by atoms with E-state index in [0.717, 1.165) is 5.69 Å². The molecule has 0 spiro atoms. The van der Waals surface area contributed by atoms with Crippen molar-refractivity contribution in [1.29, 1.82) is 0 Å². The number of pyridine rings is 1. The first-order valence-electron chi connectivity index (χ1n) is 4.17. The molecule has 1 aromatic rings. The molecule has 0 saturated heterocycles. The SMILES string of the molecule is C=CCNC(=O)c1cc(C)nc(Cl)c1. The second-order valence-electron chi connectivity index (χ2n) is 2.82. The third-order valence-electron chi connectivity index (χ3n) is 1.59. The van der Waals surface area contributed by atoms with Gasteiger partial charge in [-0.3, -0.25) is 4.79 Å².